The Morgan fingerprint density at radius 2 is 1.81 bits per heavy atom. The summed E-state index contributed by atoms with van der Waals surface area (Å²) in [6.07, 6.45) is -4.99. The third-order valence-corrected chi connectivity index (χ3v) is 3.69. The lowest BCUT2D eigenvalue weighted by Crippen LogP contribution is -2.15. The Morgan fingerprint density at radius 1 is 1.11 bits per heavy atom. The molecule has 0 fully saturated rings. The molecule has 1 heterocycles. The monoisotopic (exact) mass is 382 g/mol. The number of hydrogen-bond acceptors (Lipinski definition) is 4. The van der Waals surface area contributed by atoms with E-state index in [1.165, 1.54) is 0 Å². The number of nitriles is 1. The van der Waals surface area contributed by atoms with E-state index >= 15 is 0 Å². The van der Waals surface area contributed by atoms with E-state index in [0.29, 0.717) is 18.3 Å². The quantitative estimate of drug-likeness (QED) is 0.554. The molecule has 2 rings (SSSR count). The summed E-state index contributed by atoms with van der Waals surface area (Å²) in [5.74, 6) is -4.91. The van der Waals surface area contributed by atoms with Gasteiger partial charge in [0.15, 0.2) is 11.6 Å². The molecule has 0 aliphatic rings. The van der Waals surface area contributed by atoms with Crippen LogP contribution in [0.4, 0.5) is 22.0 Å². The van der Waals surface area contributed by atoms with Crippen molar-refractivity contribution in [2.45, 2.75) is 24.9 Å². The van der Waals surface area contributed by atoms with Crippen LogP contribution in [0.2, 0.25) is 0 Å². The highest BCUT2D eigenvalue weighted by Crippen LogP contribution is 2.29. The highest BCUT2D eigenvalue weighted by molar-refractivity contribution is 5.99. The maximum absolute atomic E-state index is 13.5. The van der Waals surface area contributed by atoms with Gasteiger partial charge in [0, 0.05) is 25.1 Å². The highest BCUT2D eigenvalue weighted by Gasteiger charge is 2.31. The molecule has 27 heavy (non-hydrogen) atoms. The fourth-order valence-electron chi connectivity index (χ4n) is 2.28. The summed E-state index contributed by atoms with van der Waals surface area (Å²) in [5.41, 5.74) is -1.61. The second-order valence-corrected chi connectivity index (χ2v) is 5.55. The lowest BCUT2D eigenvalue weighted by atomic mass is 9.95. The molecule has 0 aliphatic heterocycles. The van der Waals surface area contributed by atoms with Gasteiger partial charge in [-0.25, -0.2) is 8.78 Å². The largest absolute Gasteiger partial charge is 0.417 e. The highest BCUT2D eigenvalue weighted by atomic mass is 19.4. The molecule has 1 atom stereocenters. The Bertz CT molecular complexity index is 901. The molecule has 140 valence electrons. The number of Topliss-reactive ketones (excluding diaryl/α,β-unsaturated/α-hetero) is 2. The van der Waals surface area contributed by atoms with Crippen molar-refractivity contribution in [3.8, 4) is 6.07 Å². The Morgan fingerprint density at radius 3 is 2.33 bits per heavy atom. The number of pyridine rings is 1. The molecule has 0 saturated heterocycles. The van der Waals surface area contributed by atoms with Crippen LogP contribution in [0, 0.1) is 23.0 Å². The number of alkyl halides is 3. The van der Waals surface area contributed by atoms with Gasteiger partial charge in [-0.1, -0.05) is 0 Å². The van der Waals surface area contributed by atoms with Crippen LogP contribution >= 0.6 is 0 Å². The molecule has 0 amide bonds. The maximum Gasteiger partial charge on any atom is 0.417 e. The fourth-order valence-corrected chi connectivity index (χ4v) is 2.28. The zero-order valence-corrected chi connectivity index (χ0v) is 13.6. The summed E-state index contributed by atoms with van der Waals surface area (Å²) in [6.45, 7) is 0. The molecule has 0 bridgehead atoms. The van der Waals surface area contributed by atoms with Crippen LogP contribution in [0.5, 0.6) is 0 Å². The van der Waals surface area contributed by atoms with Gasteiger partial charge in [-0.2, -0.15) is 18.4 Å². The van der Waals surface area contributed by atoms with Gasteiger partial charge in [-0.15, -0.1) is 0 Å². The molecule has 1 aromatic carbocycles. The zero-order valence-electron chi connectivity index (χ0n) is 13.6. The van der Waals surface area contributed by atoms with E-state index < -0.39 is 59.3 Å². The van der Waals surface area contributed by atoms with Gasteiger partial charge >= 0.3 is 6.18 Å². The average molecular weight is 382 g/mol. The fraction of sp³-hybridized carbons (Fsp3) is 0.222. The smallest absolute Gasteiger partial charge is 0.298 e. The minimum atomic E-state index is -4.61. The Hall–Kier alpha value is -3.15. The van der Waals surface area contributed by atoms with Crippen LogP contribution < -0.4 is 0 Å². The van der Waals surface area contributed by atoms with E-state index in [2.05, 4.69) is 4.98 Å². The summed E-state index contributed by atoms with van der Waals surface area (Å²) in [6, 6.07) is 5.60. The van der Waals surface area contributed by atoms with Crippen molar-refractivity contribution in [3.63, 3.8) is 0 Å². The SMILES string of the molecule is N#CC(C(=O)CCC(=O)c1ccc(F)cc1F)c1ccc(C(F)(F)F)cn1. The molecule has 0 aliphatic carbocycles. The first-order valence-electron chi connectivity index (χ1n) is 7.57. The number of ketones is 2. The lowest BCUT2D eigenvalue weighted by Gasteiger charge is -2.10. The van der Waals surface area contributed by atoms with Crippen molar-refractivity contribution >= 4 is 11.6 Å². The van der Waals surface area contributed by atoms with Crippen LogP contribution in [0.15, 0.2) is 36.5 Å². The Labute approximate surface area is 150 Å². The summed E-state index contributed by atoms with van der Waals surface area (Å²) in [5, 5.41) is 9.12. The maximum atomic E-state index is 13.5. The Kier molecular flexibility index (Phi) is 6.00. The van der Waals surface area contributed by atoms with Crippen molar-refractivity contribution in [1.82, 2.24) is 4.98 Å². The van der Waals surface area contributed by atoms with Gasteiger partial charge < -0.3 is 0 Å². The lowest BCUT2D eigenvalue weighted by molar-refractivity contribution is -0.137. The van der Waals surface area contributed by atoms with Crippen molar-refractivity contribution in [2.24, 2.45) is 0 Å². The van der Waals surface area contributed by atoms with Crippen LogP contribution in [0.3, 0.4) is 0 Å². The van der Waals surface area contributed by atoms with Gasteiger partial charge in [0.2, 0.25) is 0 Å². The summed E-state index contributed by atoms with van der Waals surface area (Å²) >= 11 is 0. The minimum absolute atomic E-state index is 0.184. The van der Waals surface area contributed by atoms with Crippen LogP contribution in [-0.2, 0) is 11.0 Å². The van der Waals surface area contributed by atoms with Gasteiger partial charge in [-0.3, -0.25) is 14.6 Å². The van der Waals surface area contributed by atoms with Crippen molar-refractivity contribution in [2.75, 3.05) is 0 Å². The van der Waals surface area contributed by atoms with E-state index in [4.69, 9.17) is 5.26 Å². The van der Waals surface area contributed by atoms with E-state index in [0.717, 1.165) is 18.2 Å². The summed E-state index contributed by atoms with van der Waals surface area (Å²) in [7, 11) is 0. The number of rotatable bonds is 6. The number of benzene rings is 1. The van der Waals surface area contributed by atoms with Crippen LogP contribution in [-0.4, -0.2) is 16.6 Å². The van der Waals surface area contributed by atoms with Gasteiger partial charge in [-0.05, 0) is 24.3 Å². The molecule has 1 unspecified atom stereocenters. The standard InChI is InChI=1S/C18H11F5N2O2/c19-11-2-3-12(14(20)7-11)16(26)5-6-17(27)13(8-24)15-4-1-10(9-25-15)18(21,22)23/h1-4,7,9,13H,5-6H2. The van der Waals surface area contributed by atoms with Gasteiger partial charge in [0.25, 0.3) is 0 Å². The van der Waals surface area contributed by atoms with Crippen molar-refractivity contribution in [3.05, 3.63) is 65.0 Å². The Balaban J connectivity index is 2.07. The van der Waals surface area contributed by atoms with Crippen molar-refractivity contribution < 1.29 is 31.5 Å². The minimum Gasteiger partial charge on any atom is -0.298 e. The summed E-state index contributed by atoms with van der Waals surface area (Å²) in [4.78, 5) is 27.6. The number of aromatic nitrogens is 1. The molecular weight excluding hydrogens is 371 g/mol. The predicted octanol–water partition coefficient (Wildman–Crippen LogP) is 4.22. The van der Waals surface area contributed by atoms with E-state index in [1.54, 1.807) is 6.07 Å². The third-order valence-electron chi connectivity index (χ3n) is 3.69. The average Bonchev–Trinajstić information content (AvgIpc) is 2.60. The topological polar surface area (TPSA) is 70.8 Å². The van der Waals surface area contributed by atoms with E-state index in [-0.39, 0.29) is 5.69 Å². The second kappa shape index (κ2) is 8.03. The molecule has 9 heteroatoms. The summed E-state index contributed by atoms with van der Waals surface area (Å²) < 4.78 is 64.0. The zero-order chi connectivity index (χ0) is 20.2. The normalized spacial score (nSPS) is 12.3. The molecule has 2 aromatic rings. The van der Waals surface area contributed by atoms with Crippen LogP contribution in [0.1, 0.15) is 40.4 Å². The van der Waals surface area contributed by atoms with E-state index in [1.807, 2.05) is 0 Å². The predicted molar refractivity (Wildman–Crippen MR) is 82.5 cm³/mol. The third kappa shape index (κ3) is 4.94. The molecule has 0 saturated carbocycles. The molecular formula is C18H11F5N2O2. The molecule has 0 N–H and O–H groups in total. The van der Waals surface area contributed by atoms with E-state index in [9.17, 15) is 31.5 Å². The number of hydrogen-bond donors (Lipinski definition) is 0. The molecule has 1 aromatic heterocycles. The van der Waals surface area contributed by atoms with Crippen molar-refractivity contribution in [1.29, 1.82) is 5.26 Å². The number of nitrogens with zero attached hydrogens (tertiary/aromatic N) is 2. The second-order valence-electron chi connectivity index (χ2n) is 5.55. The molecule has 0 spiro atoms. The first-order chi connectivity index (χ1) is 12.6. The van der Waals surface area contributed by atoms with Crippen LogP contribution in [0.25, 0.3) is 0 Å². The molecule has 4 nitrogen and oxygen atoms in total. The number of carbonyl (C=O) groups is 2. The molecule has 0 radical (unpaired) electrons. The number of carbonyl (C=O) groups excluding carboxylic acids is 2. The first-order valence-corrected chi connectivity index (χ1v) is 7.57. The number of halogens is 5. The van der Waals surface area contributed by atoms with Gasteiger partial charge in [0.1, 0.15) is 17.6 Å². The van der Waals surface area contributed by atoms with Gasteiger partial charge in [0.05, 0.1) is 22.9 Å². The first kappa shape index (κ1) is 20.2.